The van der Waals surface area contributed by atoms with Crippen LogP contribution in [0.4, 0.5) is 18.9 Å². The van der Waals surface area contributed by atoms with Crippen LogP contribution in [0.1, 0.15) is 16.7 Å². The summed E-state index contributed by atoms with van der Waals surface area (Å²) < 4.78 is 44.8. The van der Waals surface area contributed by atoms with Crippen molar-refractivity contribution < 1.29 is 22.7 Å². The predicted molar refractivity (Wildman–Crippen MR) is 104 cm³/mol. The molecule has 1 amide bonds. The van der Waals surface area contributed by atoms with Gasteiger partial charge in [-0.1, -0.05) is 35.9 Å². The maximum absolute atomic E-state index is 13.0. The largest absolute Gasteiger partial charge is 0.492 e. The second kappa shape index (κ2) is 9.37. The first-order valence-electron chi connectivity index (χ1n) is 8.12. The van der Waals surface area contributed by atoms with Crippen LogP contribution in [0, 0.1) is 13.8 Å². The summed E-state index contributed by atoms with van der Waals surface area (Å²) in [5.41, 5.74) is 0.669. The summed E-state index contributed by atoms with van der Waals surface area (Å²) in [6, 6.07) is 9.22. The molecule has 0 bridgehead atoms. The third-order valence-corrected chi connectivity index (χ3v) is 4.94. The van der Waals surface area contributed by atoms with Crippen LogP contribution in [0.15, 0.2) is 36.4 Å². The van der Waals surface area contributed by atoms with Gasteiger partial charge in [0.2, 0.25) is 5.91 Å². The van der Waals surface area contributed by atoms with Gasteiger partial charge in [-0.05, 0) is 37.1 Å². The number of alkyl halides is 3. The number of amides is 1. The van der Waals surface area contributed by atoms with Gasteiger partial charge in [0.05, 0.1) is 28.6 Å². The SMILES string of the molecule is Cc1cccc(C)c1OCCSCC(=O)Nc1c(Cl)cccc1C(F)(F)F. The normalized spacial score (nSPS) is 11.3. The zero-order valence-corrected chi connectivity index (χ0v) is 16.4. The summed E-state index contributed by atoms with van der Waals surface area (Å²) in [4.78, 5) is 12.0. The molecule has 2 rings (SSSR count). The fourth-order valence-corrected chi connectivity index (χ4v) is 3.28. The Balaban J connectivity index is 1.84. The monoisotopic (exact) mass is 417 g/mol. The van der Waals surface area contributed by atoms with Crippen molar-refractivity contribution in [1.82, 2.24) is 0 Å². The Morgan fingerprint density at radius 2 is 1.78 bits per heavy atom. The van der Waals surface area contributed by atoms with E-state index in [1.54, 1.807) is 0 Å². The van der Waals surface area contributed by atoms with Crippen LogP contribution in [-0.2, 0) is 11.0 Å². The van der Waals surface area contributed by atoms with Crippen LogP contribution in [0.2, 0.25) is 5.02 Å². The van der Waals surface area contributed by atoms with Crippen LogP contribution in [0.25, 0.3) is 0 Å². The minimum Gasteiger partial charge on any atom is -0.492 e. The topological polar surface area (TPSA) is 38.3 Å². The minimum absolute atomic E-state index is 0.00135. The number of hydrogen-bond donors (Lipinski definition) is 1. The van der Waals surface area contributed by atoms with Gasteiger partial charge in [-0.15, -0.1) is 11.8 Å². The number of benzene rings is 2. The van der Waals surface area contributed by atoms with Crippen molar-refractivity contribution in [2.24, 2.45) is 0 Å². The molecule has 3 nitrogen and oxygen atoms in total. The fraction of sp³-hybridized carbons (Fsp3) is 0.316. The Morgan fingerprint density at radius 3 is 2.41 bits per heavy atom. The molecule has 2 aromatic carbocycles. The summed E-state index contributed by atoms with van der Waals surface area (Å²) in [5, 5.41) is 2.11. The highest BCUT2D eigenvalue weighted by Gasteiger charge is 2.34. The maximum Gasteiger partial charge on any atom is 0.418 e. The van der Waals surface area contributed by atoms with Crippen molar-refractivity contribution in [3.05, 3.63) is 58.1 Å². The maximum atomic E-state index is 13.0. The van der Waals surface area contributed by atoms with Crippen molar-refractivity contribution in [1.29, 1.82) is 0 Å². The second-order valence-electron chi connectivity index (χ2n) is 5.83. The summed E-state index contributed by atoms with van der Waals surface area (Å²) >= 11 is 7.09. The average molecular weight is 418 g/mol. The third kappa shape index (κ3) is 6.07. The summed E-state index contributed by atoms with van der Waals surface area (Å²) in [7, 11) is 0. The molecule has 146 valence electrons. The lowest BCUT2D eigenvalue weighted by Crippen LogP contribution is -2.19. The second-order valence-corrected chi connectivity index (χ2v) is 7.34. The van der Waals surface area contributed by atoms with Gasteiger partial charge < -0.3 is 10.1 Å². The highest BCUT2D eigenvalue weighted by Crippen LogP contribution is 2.38. The quantitative estimate of drug-likeness (QED) is 0.585. The number of anilines is 1. The molecule has 8 heteroatoms. The standard InChI is InChI=1S/C19H19ClF3NO2S/c1-12-5-3-6-13(2)18(12)26-9-10-27-11-16(25)24-17-14(19(21,22)23)7-4-8-15(17)20/h3-8H,9-11H2,1-2H3,(H,24,25). The molecule has 0 spiro atoms. The average Bonchev–Trinajstić information content (AvgIpc) is 2.57. The van der Waals surface area contributed by atoms with Gasteiger partial charge in [0.15, 0.2) is 0 Å². The number of carbonyl (C=O) groups is 1. The molecule has 0 unspecified atom stereocenters. The van der Waals surface area contributed by atoms with Crippen LogP contribution in [-0.4, -0.2) is 24.0 Å². The molecule has 0 fully saturated rings. The van der Waals surface area contributed by atoms with Gasteiger partial charge in [0, 0.05) is 5.75 Å². The number of carbonyl (C=O) groups excluding carboxylic acids is 1. The molecular weight excluding hydrogens is 399 g/mol. The molecule has 0 saturated heterocycles. The molecule has 0 aliphatic heterocycles. The molecule has 0 saturated carbocycles. The zero-order valence-electron chi connectivity index (χ0n) is 14.8. The third-order valence-electron chi connectivity index (χ3n) is 3.70. The van der Waals surface area contributed by atoms with E-state index < -0.39 is 23.3 Å². The van der Waals surface area contributed by atoms with Gasteiger partial charge in [0.1, 0.15) is 5.75 Å². The van der Waals surface area contributed by atoms with Gasteiger partial charge in [-0.2, -0.15) is 13.2 Å². The van der Waals surface area contributed by atoms with Gasteiger partial charge in [-0.25, -0.2) is 0 Å². The highest BCUT2D eigenvalue weighted by molar-refractivity contribution is 7.99. The summed E-state index contributed by atoms with van der Waals surface area (Å²) in [6.07, 6.45) is -4.60. The Hall–Kier alpha value is -1.86. The number of hydrogen-bond acceptors (Lipinski definition) is 3. The van der Waals surface area contributed by atoms with E-state index in [0.29, 0.717) is 12.4 Å². The van der Waals surface area contributed by atoms with Crippen LogP contribution in [0.3, 0.4) is 0 Å². The van der Waals surface area contributed by atoms with Crippen molar-refractivity contribution in [3.63, 3.8) is 0 Å². The number of rotatable bonds is 7. The summed E-state index contributed by atoms with van der Waals surface area (Å²) in [6.45, 7) is 4.29. The Labute approximate surface area is 165 Å². The molecule has 0 atom stereocenters. The number of nitrogens with one attached hydrogen (secondary N) is 1. The van der Waals surface area contributed by atoms with Gasteiger partial charge >= 0.3 is 6.18 Å². The number of thioether (sulfide) groups is 1. The van der Waals surface area contributed by atoms with E-state index in [1.165, 1.54) is 23.9 Å². The minimum atomic E-state index is -4.60. The van der Waals surface area contributed by atoms with E-state index in [1.807, 2.05) is 32.0 Å². The number of ether oxygens (including phenoxy) is 1. The molecule has 2 aromatic rings. The lowest BCUT2D eigenvalue weighted by molar-refractivity contribution is -0.137. The lowest BCUT2D eigenvalue weighted by atomic mass is 10.1. The first-order valence-corrected chi connectivity index (χ1v) is 9.65. The van der Waals surface area contributed by atoms with Crippen molar-refractivity contribution >= 4 is 35.0 Å². The number of halogens is 4. The van der Waals surface area contributed by atoms with Crippen LogP contribution >= 0.6 is 23.4 Å². The molecular formula is C19H19ClF3NO2S. The Kier molecular flexibility index (Phi) is 7.44. The molecule has 1 N–H and O–H groups in total. The predicted octanol–water partition coefficient (Wildman–Crippen LogP) is 5.73. The van der Waals surface area contributed by atoms with Crippen molar-refractivity contribution in [2.75, 3.05) is 23.4 Å². The summed E-state index contributed by atoms with van der Waals surface area (Å²) in [5.74, 6) is 0.785. The number of para-hydroxylation sites is 2. The van der Waals surface area contributed by atoms with E-state index in [4.69, 9.17) is 16.3 Å². The number of aryl methyl sites for hydroxylation is 2. The first-order chi connectivity index (χ1) is 12.7. The first kappa shape index (κ1) is 21.4. The van der Waals surface area contributed by atoms with Crippen LogP contribution < -0.4 is 10.1 Å². The Bertz CT molecular complexity index is 792. The molecule has 0 aliphatic carbocycles. The van der Waals surface area contributed by atoms with E-state index in [0.717, 1.165) is 22.9 Å². The van der Waals surface area contributed by atoms with E-state index in [2.05, 4.69) is 5.32 Å². The van der Waals surface area contributed by atoms with Crippen molar-refractivity contribution in [3.8, 4) is 5.75 Å². The molecule has 0 aliphatic rings. The fourth-order valence-electron chi connectivity index (χ4n) is 2.46. The lowest BCUT2D eigenvalue weighted by Gasteiger charge is -2.15. The Morgan fingerprint density at radius 1 is 1.15 bits per heavy atom. The van der Waals surface area contributed by atoms with Gasteiger partial charge in [-0.3, -0.25) is 4.79 Å². The molecule has 0 radical (unpaired) electrons. The van der Waals surface area contributed by atoms with E-state index >= 15 is 0 Å². The molecule has 0 aromatic heterocycles. The smallest absolute Gasteiger partial charge is 0.418 e. The van der Waals surface area contributed by atoms with E-state index in [-0.39, 0.29) is 10.8 Å². The van der Waals surface area contributed by atoms with Crippen LogP contribution in [0.5, 0.6) is 5.75 Å². The molecule has 0 heterocycles. The zero-order chi connectivity index (χ0) is 20.0. The van der Waals surface area contributed by atoms with Crippen molar-refractivity contribution in [2.45, 2.75) is 20.0 Å². The highest BCUT2D eigenvalue weighted by atomic mass is 35.5. The van der Waals surface area contributed by atoms with E-state index in [9.17, 15) is 18.0 Å². The molecule has 27 heavy (non-hydrogen) atoms. The van der Waals surface area contributed by atoms with Gasteiger partial charge in [0.25, 0.3) is 0 Å².